The molecule has 0 spiro atoms. The van der Waals surface area contributed by atoms with Crippen LogP contribution in [0.25, 0.3) is 11.8 Å². The lowest BCUT2D eigenvalue weighted by Crippen LogP contribution is -1.97. The highest BCUT2D eigenvalue weighted by Gasteiger charge is 2.29. The monoisotopic (exact) mass is 312 g/mol. The minimum atomic E-state index is -0.413. The summed E-state index contributed by atoms with van der Waals surface area (Å²) in [5, 5.41) is 0. The Bertz CT molecular complexity index is 792. The zero-order chi connectivity index (χ0) is 16.4. The summed E-state index contributed by atoms with van der Waals surface area (Å²) in [7, 11) is 4.68. The molecule has 0 saturated heterocycles. The number of ether oxygens (including phenoxy) is 4. The van der Waals surface area contributed by atoms with Gasteiger partial charge in [-0.2, -0.15) is 0 Å². The largest absolute Gasteiger partial charge is 0.496 e. The van der Waals surface area contributed by atoms with Crippen LogP contribution in [-0.2, 0) is 4.74 Å². The quantitative estimate of drug-likeness (QED) is 0.810. The average molecular weight is 312 g/mol. The SMILES string of the molecule is COc1ccc(C=C2OC(=O)c3c(OC)cccc32)cc1OC. The van der Waals surface area contributed by atoms with Crippen LogP contribution in [0.3, 0.4) is 0 Å². The maximum atomic E-state index is 12.1. The summed E-state index contributed by atoms with van der Waals surface area (Å²) in [5.41, 5.74) is 1.99. The van der Waals surface area contributed by atoms with Crippen LogP contribution in [-0.4, -0.2) is 27.3 Å². The van der Waals surface area contributed by atoms with Crippen molar-refractivity contribution >= 4 is 17.8 Å². The Morgan fingerprint density at radius 1 is 0.913 bits per heavy atom. The highest BCUT2D eigenvalue weighted by molar-refractivity contribution is 6.07. The Balaban J connectivity index is 2.05. The van der Waals surface area contributed by atoms with Crippen molar-refractivity contribution < 1.29 is 23.7 Å². The number of cyclic esters (lactones) is 1. The number of carbonyl (C=O) groups excluding carboxylic acids is 1. The van der Waals surface area contributed by atoms with E-state index in [1.807, 2.05) is 24.3 Å². The van der Waals surface area contributed by atoms with Gasteiger partial charge >= 0.3 is 5.97 Å². The maximum absolute atomic E-state index is 12.1. The van der Waals surface area contributed by atoms with Crippen molar-refractivity contribution in [3.63, 3.8) is 0 Å². The van der Waals surface area contributed by atoms with E-state index in [1.165, 1.54) is 7.11 Å². The molecule has 0 fully saturated rings. The number of esters is 1. The highest BCUT2D eigenvalue weighted by Crippen LogP contribution is 2.37. The molecule has 1 heterocycles. The predicted molar refractivity (Wildman–Crippen MR) is 85.8 cm³/mol. The minimum Gasteiger partial charge on any atom is -0.496 e. The van der Waals surface area contributed by atoms with Gasteiger partial charge in [-0.1, -0.05) is 18.2 Å². The van der Waals surface area contributed by atoms with Gasteiger partial charge in [0.1, 0.15) is 17.1 Å². The lowest BCUT2D eigenvalue weighted by atomic mass is 10.1. The van der Waals surface area contributed by atoms with Crippen molar-refractivity contribution in [1.29, 1.82) is 0 Å². The first-order valence-electron chi connectivity index (χ1n) is 7.01. The van der Waals surface area contributed by atoms with Crippen LogP contribution < -0.4 is 14.2 Å². The molecule has 0 amide bonds. The molecule has 0 aromatic heterocycles. The van der Waals surface area contributed by atoms with Gasteiger partial charge in [0.15, 0.2) is 11.5 Å². The lowest BCUT2D eigenvalue weighted by molar-refractivity contribution is 0.0714. The number of carbonyl (C=O) groups is 1. The van der Waals surface area contributed by atoms with Gasteiger partial charge in [-0.05, 0) is 29.8 Å². The van der Waals surface area contributed by atoms with Crippen molar-refractivity contribution in [2.45, 2.75) is 0 Å². The number of benzene rings is 2. The molecule has 0 unspecified atom stereocenters. The first-order valence-corrected chi connectivity index (χ1v) is 7.01. The number of rotatable bonds is 4. The van der Waals surface area contributed by atoms with Crippen LogP contribution in [0, 0.1) is 0 Å². The Labute approximate surface area is 134 Å². The third-order valence-corrected chi connectivity index (χ3v) is 3.62. The van der Waals surface area contributed by atoms with E-state index < -0.39 is 5.97 Å². The molecule has 23 heavy (non-hydrogen) atoms. The summed E-state index contributed by atoms with van der Waals surface area (Å²) in [5.74, 6) is 1.82. The molecule has 1 aliphatic rings. The van der Waals surface area contributed by atoms with Gasteiger partial charge in [-0.25, -0.2) is 4.79 Å². The highest BCUT2D eigenvalue weighted by atomic mass is 16.5. The Morgan fingerprint density at radius 3 is 2.35 bits per heavy atom. The molecule has 0 N–H and O–H groups in total. The second-order valence-electron chi connectivity index (χ2n) is 4.90. The van der Waals surface area contributed by atoms with E-state index in [0.29, 0.717) is 34.1 Å². The second-order valence-corrected chi connectivity index (χ2v) is 4.90. The minimum absolute atomic E-state index is 0.413. The fourth-order valence-electron chi connectivity index (χ4n) is 2.52. The van der Waals surface area contributed by atoms with E-state index in [1.54, 1.807) is 32.4 Å². The molecule has 0 saturated carbocycles. The molecule has 0 bridgehead atoms. The van der Waals surface area contributed by atoms with E-state index in [0.717, 1.165) is 5.56 Å². The lowest BCUT2D eigenvalue weighted by Gasteiger charge is -2.08. The topological polar surface area (TPSA) is 54.0 Å². The predicted octanol–water partition coefficient (Wildman–Crippen LogP) is 3.38. The number of hydrogen-bond donors (Lipinski definition) is 0. The molecule has 0 radical (unpaired) electrons. The first kappa shape index (κ1) is 15.0. The van der Waals surface area contributed by atoms with E-state index in [9.17, 15) is 4.79 Å². The molecule has 3 rings (SSSR count). The van der Waals surface area contributed by atoms with Crippen molar-refractivity contribution in [1.82, 2.24) is 0 Å². The molecule has 2 aromatic rings. The van der Waals surface area contributed by atoms with Crippen molar-refractivity contribution in [3.05, 3.63) is 53.1 Å². The summed E-state index contributed by atoms with van der Waals surface area (Å²) in [6.45, 7) is 0. The molecule has 5 heteroatoms. The smallest absolute Gasteiger partial charge is 0.348 e. The summed E-state index contributed by atoms with van der Waals surface area (Å²) >= 11 is 0. The van der Waals surface area contributed by atoms with Crippen molar-refractivity contribution in [2.24, 2.45) is 0 Å². The van der Waals surface area contributed by atoms with Gasteiger partial charge in [0.25, 0.3) is 0 Å². The third kappa shape index (κ3) is 2.61. The van der Waals surface area contributed by atoms with Gasteiger partial charge < -0.3 is 18.9 Å². The van der Waals surface area contributed by atoms with Crippen molar-refractivity contribution in [3.8, 4) is 17.2 Å². The molecule has 118 valence electrons. The van der Waals surface area contributed by atoms with Crippen LogP contribution in [0.4, 0.5) is 0 Å². The zero-order valence-corrected chi connectivity index (χ0v) is 13.1. The summed E-state index contributed by atoms with van der Waals surface area (Å²) in [6, 6.07) is 10.9. The third-order valence-electron chi connectivity index (χ3n) is 3.62. The van der Waals surface area contributed by atoms with E-state index >= 15 is 0 Å². The first-order chi connectivity index (χ1) is 11.2. The number of hydrogen-bond acceptors (Lipinski definition) is 5. The van der Waals surface area contributed by atoms with E-state index in [4.69, 9.17) is 18.9 Å². The van der Waals surface area contributed by atoms with Crippen LogP contribution >= 0.6 is 0 Å². The van der Waals surface area contributed by atoms with Gasteiger partial charge in [0.2, 0.25) is 0 Å². The molecule has 2 aromatic carbocycles. The summed E-state index contributed by atoms with van der Waals surface area (Å²) < 4.78 is 21.1. The fraction of sp³-hybridized carbons (Fsp3) is 0.167. The van der Waals surface area contributed by atoms with E-state index in [2.05, 4.69) is 0 Å². The standard InChI is InChI=1S/C18H16O5/c1-20-13-8-7-11(10-16(13)22-3)9-15-12-5-4-6-14(21-2)17(12)18(19)23-15/h4-10H,1-3H3. The fourth-order valence-corrected chi connectivity index (χ4v) is 2.52. The molecule has 1 aliphatic heterocycles. The summed E-state index contributed by atoms with van der Waals surface area (Å²) in [6.07, 6.45) is 1.78. The molecule has 0 atom stereocenters. The van der Waals surface area contributed by atoms with Crippen LogP contribution in [0.15, 0.2) is 36.4 Å². The van der Waals surface area contributed by atoms with Gasteiger partial charge in [0, 0.05) is 5.56 Å². The number of methoxy groups -OCH3 is 3. The Hall–Kier alpha value is -2.95. The van der Waals surface area contributed by atoms with Crippen molar-refractivity contribution in [2.75, 3.05) is 21.3 Å². The van der Waals surface area contributed by atoms with Gasteiger partial charge in [-0.3, -0.25) is 0 Å². The maximum Gasteiger partial charge on any atom is 0.348 e. The molecule has 0 aliphatic carbocycles. The van der Waals surface area contributed by atoms with Gasteiger partial charge in [0.05, 0.1) is 21.3 Å². The van der Waals surface area contributed by atoms with Crippen LogP contribution in [0.2, 0.25) is 0 Å². The summed E-state index contributed by atoms with van der Waals surface area (Å²) in [4.78, 5) is 12.1. The van der Waals surface area contributed by atoms with E-state index in [-0.39, 0.29) is 0 Å². The zero-order valence-electron chi connectivity index (χ0n) is 13.1. The van der Waals surface area contributed by atoms with Crippen LogP contribution in [0.5, 0.6) is 17.2 Å². The normalized spacial score (nSPS) is 14.4. The average Bonchev–Trinajstić information content (AvgIpc) is 2.90. The Morgan fingerprint density at radius 2 is 1.65 bits per heavy atom. The second kappa shape index (κ2) is 6.04. The molecular weight excluding hydrogens is 296 g/mol. The Kier molecular flexibility index (Phi) is 3.93. The molecular formula is C18H16O5. The molecule has 5 nitrogen and oxygen atoms in total. The number of fused-ring (bicyclic) bond motifs is 1. The van der Waals surface area contributed by atoms with Gasteiger partial charge in [-0.15, -0.1) is 0 Å². The van der Waals surface area contributed by atoms with Crippen LogP contribution in [0.1, 0.15) is 21.5 Å².